The number of ketones is 1. The number of rotatable bonds is 7. The number of sulfone groups is 1. The van der Waals surface area contributed by atoms with Crippen LogP contribution in [-0.2, 0) is 29.9 Å². The van der Waals surface area contributed by atoms with Gasteiger partial charge in [-0.05, 0) is 19.4 Å². The lowest BCUT2D eigenvalue weighted by atomic mass is 10.2. The molecule has 1 aromatic rings. The Labute approximate surface area is 118 Å². The largest absolute Gasteiger partial charge is 0.466 e. The van der Waals surface area contributed by atoms with Crippen LogP contribution >= 0.6 is 0 Å². The van der Waals surface area contributed by atoms with Crippen molar-refractivity contribution in [2.45, 2.75) is 26.0 Å². The summed E-state index contributed by atoms with van der Waals surface area (Å²) in [6, 6.07) is 7.08. The van der Waals surface area contributed by atoms with Crippen molar-refractivity contribution in [2.75, 3.05) is 12.4 Å². The van der Waals surface area contributed by atoms with Gasteiger partial charge in [0, 0.05) is 0 Å². The standard InChI is InChI=1S/C14H18O5S/c1-3-19-14(16)8-13(15)10-20(17,18)9-12-6-4-5-11(2)7-12/h4-7H,3,8-10H2,1-2H3. The highest BCUT2D eigenvalue weighted by Crippen LogP contribution is 2.09. The van der Waals surface area contributed by atoms with Crippen molar-refractivity contribution in [2.24, 2.45) is 0 Å². The van der Waals surface area contributed by atoms with Gasteiger partial charge in [-0.2, -0.15) is 0 Å². The Morgan fingerprint density at radius 1 is 1.25 bits per heavy atom. The fourth-order valence-electron chi connectivity index (χ4n) is 1.78. The first-order valence-electron chi connectivity index (χ1n) is 6.25. The highest BCUT2D eigenvalue weighted by Gasteiger charge is 2.20. The van der Waals surface area contributed by atoms with Crippen LogP contribution in [0.2, 0.25) is 0 Å². The maximum Gasteiger partial charge on any atom is 0.313 e. The van der Waals surface area contributed by atoms with Crippen LogP contribution in [0.3, 0.4) is 0 Å². The van der Waals surface area contributed by atoms with E-state index in [1.807, 2.05) is 13.0 Å². The third-order valence-corrected chi connectivity index (χ3v) is 4.03. The minimum atomic E-state index is -3.57. The van der Waals surface area contributed by atoms with E-state index in [9.17, 15) is 18.0 Å². The number of carbonyl (C=O) groups is 2. The first kappa shape index (κ1) is 16.4. The molecule has 0 aliphatic carbocycles. The van der Waals surface area contributed by atoms with Gasteiger partial charge in [-0.1, -0.05) is 29.8 Å². The number of esters is 1. The molecular formula is C14H18O5S. The second-order valence-corrected chi connectivity index (χ2v) is 6.61. The Morgan fingerprint density at radius 3 is 2.55 bits per heavy atom. The maximum absolute atomic E-state index is 11.9. The number of hydrogen-bond donors (Lipinski definition) is 0. The van der Waals surface area contributed by atoms with Gasteiger partial charge in [-0.25, -0.2) is 8.42 Å². The average molecular weight is 298 g/mol. The fourth-order valence-corrected chi connectivity index (χ4v) is 3.16. The molecule has 110 valence electrons. The fraction of sp³-hybridized carbons (Fsp3) is 0.429. The molecule has 1 rings (SSSR count). The summed E-state index contributed by atoms with van der Waals surface area (Å²) in [6.07, 6.45) is -0.499. The molecule has 0 amide bonds. The summed E-state index contributed by atoms with van der Waals surface area (Å²) >= 11 is 0. The van der Waals surface area contributed by atoms with Crippen molar-refractivity contribution < 1.29 is 22.7 Å². The van der Waals surface area contributed by atoms with E-state index in [2.05, 4.69) is 4.74 Å². The normalized spacial score (nSPS) is 11.1. The Morgan fingerprint density at radius 2 is 1.95 bits per heavy atom. The molecule has 0 bridgehead atoms. The quantitative estimate of drug-likeness (QED) is 0.562. The van der Waals surface area contributed by atoms with E-state index in [-0.39, 0.29) is 12.4 Å². The molecule has 0 aliphatic heterocycles. The number of hydrogen-bond acceptors (Lipinski definition) is 5. The molecule has 0 fully saturated rings. The zero-order chi connectivity index (χ0) is 15.2. The van der Waals surface area contributed by atoms with E-state index in [0.29, 0.717) is 5.56 Å². The summed E-state index contributed by atoms with van der Waals surface area (Å²) in [7, 11) is -3.57. The average Bonchev–Trinajstić information content (AvgIpc) is 2.26. The topological polar surface area (TPSA) is 77.5 Å². The van der Waals surface area contributed by atoms with E-state index in [4.69, 9.17) is 0 Å². The molecule has 0 radical (unpaired) electrons. The Hall–Kier alpha value is -1.69. The van der Waals surface area contributed by atoms with E-state index in [1.54, 1.807) is 25.1 Å². The molecule has 1 aromatic carbocycles. The second kappa shape index (κ2) is 7.19. The van der Waals surface area contributed by atoms with E-state index in [0.717, 1.165) is 5.56 Å². The Balaban J connectivity index is 2.61. The maximum atomic E-state index is 11.9. The van der Waals surface area contributed by atoms with Gasteiger partial charge >= 0.3 is 5.97 Å². The molecule has 0 saturated carbocycles. The number of aryl methyl sites for hydroxylation is 1. The molecule has 6 heteroatoms. The van der Waals surface area contributed by atoms with Crippen LogP contribution in [0.1, 0.15) is 24.5 Å². The number of benzene rings is 1. The van der Waals surface area contributed by atoms with Crippen molar-refractivity contribution >= 4 is 21.6 Å². The molecule has 0 aliphatic rings. The summed E-state index contributed by atoms with van der Waals surface area (Å²) in [5, 5.41) is 0. The minimum Gasteiger partial charge on any atom is -0.466 e. The van der Waals surface area contributed by atoms with Gasteiger partial charge in [-0.3, -0.25) is 9.59 Å². The first-order chi connectivity index (χ1) is 9.32. The summed E-state index contributed by atoms with van der Waals surface area (Å²) in [5.41, 5.74) is 1.59. The number of ether oxygens (including phenoxy) is 1. The highest BCUT2D eigenvalue weighted by atomic mass is 32.2. The summed E-state index contributed by atoms with van der Waals surface area (Å²) < 4.78 is 28.4. The third kappa shape index (κ3) is 5.97. The lowest BCUT2D eigenvalue weighted by molar-refractivity contribution is -0.145. The molecular weight excluding hydrogens is 280 g/mol. The van der Waals surface area contributed by atoms with E-state index < -0.39 is 33.8 Å². The van der Waals surface area contributed by atoms with Crippen LogP contribution in [-0.4, -0.2) is 32.5 Å². The van der Waals surface area contributed by atoms with Crippen LogP contribution in [0.15, 0.2) is 24.3 Å². The van der Waals surface area contributed by atoms with Gasteiger partial charge in [0.05, 0.1) is 12.4 Å². The van der Waals surface area contributed by atoms with Gasteiger partial charge < -0.3 is 4.74 Å². The van der Waals surface area contributed by atoms with Crippen LogP contribution < -0.4 is 0 Å². The molecule has 0 saturated heterocycles. The molecule has 0 N–H and O–H groups in total. The van der Waals surface area contributed by atoms with Gasteiger partial charge in [0.25, 0.3) is 0 Å². The van der Waals surface area contributed by atoms with Crippen molar-refractivity contribution in [3.8, 4) is 0 Å². The molecule has 0 aromatic heterocycles. The van der Waals surface area contributed by atoms with Gasteiger partial charge in [0.15, 0.2) is 15.6 Å². The van der Waals surface area contributed by atoms with E-state index in [1.165, 1.54) is 0 Å². The predicted molar refractivity (Wildman–Crippen MR) is 74.9 cm³/mol. The molecule has 0 heterocycles. The smallest absolute Gasteiger partial charge is 0.313 e. The third-order valence-electron chi connectivity index (χ3n) is 2.50. The summed E-state index contributed by atoms with van der Waals surface area (Å²) in [4.78, 5) is 22.6. The first-order valence-corrected chi connectivity index (χ1v) is 8.08. The van der Waals surface area contributed by atoms with Crippen molar-refractivity contribution in [1.29, 1.82) is 0 Å². The van der Waals surface area contributed by atoms with Gasteiger partial charge in [0.1, 0.15) is 12.2 Å². The zero-order valence-corrected chi connectivity index (χ0v) is 12.4. The van der Waals surface area contributed by atoms with Crippen molar-refractivity contribution in [3.63, 3.8) is 0 Å². The van der Waals surface area contributed by atoms with Crippen molar-refractivity contribution in [1.82, 2.24) is 0 Å². The highest BCUT2D eigenvalue weighted by molar-refractivity contribution is 7.91. The van der Waals surface area contributed by atoms with E-state index >= 15 is 0 Å². The Kier molecular flexibility index (Phi) is 5.88. The lowest BCUT2D eigenvalue weighted by Crippen LogP contribution is -2.21. The van der Waals surface area contributed by atoms with Crippen LogP contribution in [0.4, 0.5) is 0 Å². The number of carbonyl (C=O) groups excluding carboxylic acids is 2. The van der Waals surface area contributed by atoms with Crippen LogP contribution in [0.25, 0.3) is 0 Å². The zero-order valence-electron chi connectivity index (χ0n) is 11.6. The van der Waals surface area contributed by atoms with Gasteiger partial charge in [-0.15, -0.1) is 0 Å². The SMILES string of the molecule is CCOC(=O)CC(=O)CS(=O)(=O)Cc1cccc(C)c1. The van der Waals surface area contributed by atoms with Gasteiger partial charge in [0.2, 0.25) is 0 Å². The van der Waals surface area contributed by atoms with Crippen LogP contribution in [0.5, 0.6) is 0 Å². The predicted octanol–water partition coefficient (Wildman–Crippen LogP) is 1.43. The monoisotopic (exact) mass is 298 g/mol. The number of Topliss-reactive ketones (excluding diaryl/α,β-unsaturated/α-hetero) is 1. The van der Waals surface area contributed by atoms with Crippen molar-refractivity contribution in [3.05, 3.63) is 35.4 Å². The lowest BCUT2D eigenvalue weighted by Gasteiger charge is -2.05. The Bertz CT molecular complexity index is 589. The molecule has 0 unspecified atom stereocenters. The summed E-state index contributed by atoms with van der Waals surface area (Å²) in [6.45, 7) is 3.65. The molecule has 5 nitrogen and oxygen atoms in total. The summed E-state index contributed by atoms with van der Waals surface area (Å²) in [5.74, 6) is -2.18. The van der Waals surface area contributed by atoms with Crippen LogP contribution in [0, 0.1) is 6.92 Å². The molecule has 20 heavy (non-hydrogen) atoms. The molecule has 0 atom stereocenters. The molecule has 0 spiro atoms. The minimum absolute atomic E-state index is 0.169. The second-order valence-electron chi connectivity index (χ2n) is 4.54.